The number of nitrogens with one attached hydrogen (secondary N) is 2. The van der Waals surface area contributed by atoms with E-state index in [-0.39, 0.29) is 5.71 Å². The highest BCUT2D eigenvalue weighted by Gasteiger charge is 2.41. The fourth-order valence-electron chi connectivity index (χ4n) is 4.54. The standard InChI is InChI=1S/C27H26ClF6N3O4/c1-2-14-5-4-8-19-20(14)36-24(39)22(35-21(19)15-6-3-7-16(28)13-15)37-23(38)17(9-11-26(29,30)31)18(25(40)41)10-12-27(32,33)34/h3-8,13,17-18,22H,2,9-12H2,1H3,(H,36,39)(H,37,38)(H,40,41)/t17-,18+,22?/m1/s1. The topological polar surface area (TPSA) is 108 Å². The van der Waals surface area contributed by atoms with E-state index in [4.69, 9.17) is 11.6 Å². The lowest BCUT2D eigenvalue weighted by Crippen LogP contribution is -2.47. The number of para-hydroxylation sites is 1. The van der Waals surface area contributed by atoms with E-state index in [1.54, 1.807) is 42.5 Å². The van der Waals surface area contributed by atoms with E-state index < -0.39 is 73.8 Å². The first kappa shape index (κ1) is 31.9. The molecule has 1 aliphatic rings. The number of aryl methyl sites for hydroxylation is 1. The molecule has 0 spiro atoms. The molecule has 7 nitrogen and oxygen atoms in total. The lowest BCUT2D eigenvalue weighted by molar-refractivity contribution is -0.159. The monoisotopic (exact) mass is 605 g/mol. The minimum Gasteiger partial charge on any atom is -0.481 e. The van der Waals surface area contributed by atoms with Crippen LogP contribution in [-0.4, -0.2) is 47.1 Å². The first-order chi connectivity index (χ1) is 19.1. The quantitative estimate of drug-likeness (QED) is 0.283. The molecule has 0 fully saturated rings. The maximum atomic E-state index is 13.3. The largest absolute Gasteiger partial charge is 0.481 e. The van der Waals surface area contributed by atoms with E-state index in [0.29, 0.717) is 33.8 Å². The molecule has 1 heterocycles. The van der Waals surface area contributed by atoms with Gasteiger partial charge in [0.25, 0.3) is 5.91 Å². The molecule has 0 saturated carbocycles. The van der Waals surface area contributed by atoms with Gasteiger partial charge in [-0.25, -0.2) is 4.99 Å². The van der Waals surface area contributed by atoms with Crippen LogP contribution in [0.25, 0.3) is 0 Å². The zero-order chi connectivity index (χ0) is 30.5. The van der Waals surface area contributed by atoms with Gasteiger partial charge >= 0.3 is 18.3 Å². The minimum absolute atomic E-state index is 0.195. The van der Waals surface area contributed by atoms with Crippen molar-refractivity contribution in [2.75, 3.05) is 5.32 Å². The van der Waals surface area contributed by atoms with E-state index in [2.05, 4.69) is 15.6 Å². The number of amides is 2. The fraction of sp³-hybridized carbons (Fsp3) is 0.407. The molecule has 3 rings (SSSR count). The second kappa shape index (κ2) is 12.9. The Balaban J connectivity index is 2.04. The van der Waals surface area contributed by atoms with Crippen molar-refractivity contribution < 1.29 is 45.8 Å². The Kier molecular flexibility index (Phi) is 10.1. The van der Waals surface area contributed by atoms with Crippen molar-refractivity contribution in [2.45, 2.75) is 57.5 Å². The number of carbonyl (C=O) groups excluding carboxylic acids is 2. The molecular weight excluding hydrogens is 580 g/mol. The maximum absolute atomic E-state index is 13.3. The van der Waals surface area contributed by atoms with Crippen molar-refractivity contribution in [3.63, 3.8) is 0 Å². The first-order valence-electron chi connectivity index (χ1n) is 12.5. The van der Waals surface area contributed by atoms with E-state index >= 15 is 0 Å². The molecule has 0 saturated heterocycles. The second-order valence-corrected chi connectivity index (χ2v) is 9.88. The van der Waals surface area contributed by atoms with Gasteiger partial charge in [-0.1, -0.05) is 48.9 Å². The third kappa shape index (κ3) is 8.69. The molecule has 2 amide bonds. The van der Waals surface area contributed by atoms with Crippen LogP contribution < -0.4 is 10.6 Å². The molecule has 3 atom stereocenters. The van der Waals surface area contributed by atoms with Gasteiger partial charge in [-0.05, 0) is 37.0 Å². The number of carboxylic acid groups (broad SMARTS) is 1. The number of anilines is 1. The number of benzene rings is 2. The molecule has 41 heavy (non-hydrogen) atoms. The van der Waals surface area contributed by atoms with Gasteiger partial charge in [-0.3, -0.25) is 14.4 Å². The number of aliphatic imine (C=N–C) groups is 1. The van der Waals surface area contributed by atoms with Crippen molar-refractivity contribution >= 4 is 40.8 Å². The predicted molar refractivity (Wildman–Crippen MR) is 139 cm³/mol. The third-order valence-electron chi connectivity index (χ3n) is 6.54. The smallest absolute Gasteiger partial charge is 0.389 e. The summed E-state index contributed by atoms with van der Waals surface area (Å²) in [6.45, 7) is 1.83. The average molecular weight is 606 g/mol. The fourth-order valence-corrected chi connectivity index (χ4v) is 4.73. The van der Waals surface area contributed by atoms with E-state index in [1.807, 2.05) is 6.92 Å². The first-order valence-corrected chi connectivity index (χ1v) is 12.9. The van der Waals surface area contributed by atoms with Crippen LogP contribution >= 0.6 is 11.6 Å². The third-order valence-corrected chi connectivity index (χ3v) is 6.77. The molecule has 14 heteroatoms. The van der Waals surface area contributed by atoms with Crippen LogP contribution in [-0.2, 0) is 20.8 Å². The molecule has 222 valence electrons. The number of nitrogens with zero attached hydrogens (tertiary/aromatic N) is 1. The highest BCUT2D eigenvalue weighted by Crippen LogP contribution is 2.34. The van der Waals surface area contributed by atoms with Gasteiger partial charge in [-0.2, -0.15) is 26.3 Å². The Labute approximate surface area is 236 Å². The summed E-state index contributed by atoms with van der Waals surface area (Å²) in [5.41, 5.74) is 2.17. The number of aliphatic carboxylic acids is 1. The van der Waals surface area contributed by atoms with Crippen LogP contribution in [0.15, 0.2) is 47.5 Å². The van der Waals surface area contributed by atoms with Gasteiger partial charge in [0.15, 0.2) is 0 Å². The number of carboxylic acids is 1. The Morgan fingerprint density at radius 3 is 2.20 bits per heavy atom. The van der Waals surface area contributed by atoms with Gasteiger partial charge in [0.1, 0.15) is 0 Å². The Morgan fingerprint density at radius 1 is 1.02 bits per heavy atom. The highest BCUT2D eigenvalue weighted by atomic mass is 35.5. The maximum Gasteiger partial charge on any atom is 0.389 e. The van der Waals surface area contributed by atoms with Gasteiger partial charge < -0.3 is 15.7 Å². The van der Waals surface area contributed by atoms with Crippen LogP contribution in [0.2, 0.25) is 5.02 Å². The van der Waals surface area contributed by atoms with Crippen molar-refractivity contribution in [1.82, 2.24) is 5.32 Å². The van der Waals surface area contributed by atoms with Crippen LogP contribution in [0.4, 0.5) is 32.0 Å². The highest BCUT2D eigenvalue weighted by molar-refractivity contribution is 6.31. The van der Waals surface area contributed by atoms with E-state index in [9.17, 15) is 45.8 Å². The van der Waals surface area contributed by atoms with Crippen molar-refractivity contribution in [2.24, 2.45) is 16.8 Å². The molecule has 0 aromatic heterocycles. The number of fused-ring (bicyclic) bond motifs is 1. The SMILES string of the molecule is CCc1cccc2c1NC(=O)C(NC(=O)[C@H](CCC(F)(F)F)[C@H](CCC(F)(F)F)C(=O)O)N=C2c1cccc(Cl)c1. The van der Waals surface area contributed by atoms with Gasteiger partial charge in [0, 0.05) is 29.0 Å². The molecule has 3 N–H and O–H groups in total. The molecule has 0 aliphatic carbocycles. The van der Waals surface area contributed by atoms with Crippen LogP contribution in [0.5, 0.6) is 0 Å². The van der Waals surface area contributed by atoms with Gasteiger partial charge in [-0.15, -0.1) is 0 Å². The summed E-state index contributed by atoms with van der Waals surface area (Å²) in [5.74, 6) is -8.24. The molecular formula is C27H26ClF6N3O4. The van der Waals surface area contributed by atoms with Crippen molar-refractivity contribution in [1.29, 1.82) is 0 Å². The molecule has 2 aromatic rings. The van der Waals surface area contributed by atoms with Gasteiger partial charge in [0.2, 0.25) is 12.1 Å². The summed E-state index contributed by atoms with van der Waals surface area (Å²) in [6.07, 6.45) is -16.4. The number of carbonyl (C=O) groups is 3. The number of rotatable bonds is 10. The lowest BCUT2D eigenvalue weighted by atomic mass is 9.84. The number of benzodiazepines with no additional fused rings is 1. The molecule has 2 aromatic carbocycles. The van der Waals surface area contributed by atoms with E-state index in [1.165, 1.54) is 0 Å². The summed E-state index contributed by atoms with van der Waals surface area (Å²) < 4.78 is 77.7. The normalized spacial score (nSPS) is 17.0. The zero-order valence-electron chi connectivity index (χ0n) is 21.6. The summed E-state index contributed by atoms with van der Waals surface area (Å²) in [5, 5.41) is 14.7. The summed E-state index contributed by atoms with van der Waals surface area (Å²) in [7, 11) is 0. The average Bonchev–Trinajstić information content (AvgIpc) is 3.00. The van der Waals surface area contributed by atoms with Crippen LogP contribution in [0.1, 0.15) is 49.3 Å². The van der Waals surface area contributed by atoms with Crippen LogP contribution in [0, 0.1) is 11.8 Å². The molecule has 0 bridgehead atoms. The van der Waals surface area contributed by atoms with Crippen molar-refractivity contribution in [3.8, 4) is 0 Å². The summed E-state index contributed by atoms with van der Waals surface area (Å²) in [4.78, 5) is 42.7. The van der Waals surface area contributed by atoms with Crippen molar-refractivity contribution in [3.05, 3.63) is 64.2 Å². The number of hydrogen-bond acceptors (Lipinski definition) is 4. The number of halogens is 7. The molecule has 1 aliphatic heterocycles. The minimum atomic E-state index is -4.82. The lowest BCUT2D eigenvalue weighted by Gasteiger charge is -2.25. The van der Waals surface area contributed by atoms with E-state index in [0.717, 1.165) is 0 Å². The zero-order valence-corrected chi connectivity index (χ0v) is 22.3. The molecule has 1 unspecified atom stereocenters. The second-order valence-electron chi connectivity index (χ2n) is 9.44. The summed E-state index contributed by atoms with van der Waals surface area (Å²) in [6, 6.07) is 11.5. The Bertz CT molecular complexity index is 1330. The summed E-state index contributed by atoms with van der Waals surface area (Å²) >= 11 is 6.14. The number of hydrogen-bond donors (Lipinski definition) is 3. The van der Waals surface area contributed by atoms with Crippen LogP contribution in [0.3, 0.4) is 0 Å². The number of alkyl halides is 6. The Hall–Kier alpha value is -3.61. The Morgan fingerprint density at radius 2 is 1.63 bits per heavy atom. The predicted octanol–water partition coefficient (Wildman–Crippen LogP) is 6.14. The molecule has 0 radical (unpaired) electrons. The van der Waals surface area contributed by atoms with Gasteiger partial charge in [0.05, 0.1) is 23.2 Å².